The molecule has 39 heavy (non-hydrogen) atoms. The first-order valence-electron chi connectivity index (χ1n) is 13.6. The van der Waals surface area contributed by atoms with E-state index >= 15 is 0 Å². The van der Waals surface area contributed by atoms with Gasteiger partial charge >= 0.3 is 0 Å². The summed E-state index contributed by atoms with van der Waals surface area (Å²) in [6.07, 6.45) is 5.28. The van der Waals surface area contributed by atoms with Crippen LogP contribution >= 0.6 is 11.6 Å². The number of halogens is 1. The van der Waals surface area contributed by atoms with Gasteiger partial charge in [-0.05, 0) is 73.7 Å². The fourth-order valence-corrected chi connectivity index (χ4v) is 6.21. The molecule has 4 aromatic rings. The van der Waals surface area contributed by atoms with Crippen molar-refractivity contribution in [1.29, 1.82) is 0 Å². The minimum absolute atomic E-state index is 0.0860. The average molecular weight is 545 g/mol. The van der Waals surface area contributed by atoms with Crippen LogP contribution in [0.2, 0.25) is 5.02 Å². The lowest BCUT2D eigenvalue weighted by molar-refractivity contribution is 0.0744. The zero-order valence-electron chi connectivity index (χ0n) is 22.1. The Kier molecular flexibility index (Phi) is 7.28. The largest absolute Gasteiger partial charge is 0.459 e. The van der Waals surface area contributed by atoms with Crippen LogP contribution in [0.25, 0.3) is 0 Å². The molecule has 1 aliphatic heterocycles. The SMILES string of the molecule is CN(C[C@@]1(c2ccc(Cl)cc2)C[C@H]1CN1CCC(c2nc(Cc3ccccc3)no2)CC1)C(=O)c1ccco1. The Balaban J connectivity index is 1.08. The van der Waals surface area contributed by atoms with Crippen molar-refractivity contribution in [2.24, 2.45) is 5.92 Å². The van der Waals surface area contributed by atoms with Crippen molar-refractivity contribution < 1.29 is 13.7 Å². The van der Waals surface area contributed by atoms with Crippen LogP contribution in [-0.4, -0.2) is 59.1 Å². The van der Waals surface area contributed by atoms with Crippen molar-refractivity contribution in [1.82, 2.24) is 19.9 Å². The molecule has 2 aromatic carbocycles. The molecule has 0 unspecified atom stereocenters. The summed E-state index contributed by atoms with van der Waals surface area (Å²) in [4.78, 5) is 22.0. The number of nitrogens with zero attached hydrogens (tertiary/aromatic N) is 4. The standard InChI is InChI=1S/C31H33ClN4O3/c1-35(30(37)27-8-5-17-38-27)21-31(24-9-11-26(32)12-10-24)19-25(31)20-36-15-13-23(14-16-36)29-33-28(34-39-29)18-22-6-3-2-4-7-22/h2-12,17,23,25H,13-16,18-21H2,1H3/t25-,31+/m0/s1. The van der Waals surface area contributed by atoms with Crippen molar-refractivity contribution in [3.05, 3.63) is 107 Å². The number of amides is 1. The van der Waals surface area contributed by atoms with Crippen LogP contribution in [0.15, 0.2) is 81.9 Å². The van der Waals surface area contributed by atoms with Crippen molar-refractivity contribution in [3.63, 3.8) is 0 Å². The molecule has 7 nitrogen and oxygen atoms in total. The van der Waals surface area contributed by atoms with E-state index in [4.69, 9.17) is 25.5 Å². The van der Waals surface area contributed by atoms with Gasteiger partial charge in [-0.25, -0.2) is 0 Å². The summed E-state index contributed by atoms with van der Waals surface area (Å²) < 4.78 is 11.0. The number of rotatable bonds is 9. The van der Waals surface area contributed by atoms with Gasteiger partial charge in [-0.2, -0.15) is 4.98 Å². The molecular formula is C31H33ClN4O3. The maximum Gasteiger partial charge on any atom is 0.289 e. The fraction of sp³-hybridized carbons (Fsp3) is 0.387. The second-order valence-corrected chi connectivity index (χ2v) is 11.4. The highest BCUT2D eigenvalue weighted by Gasteiger charge is 2.56. The molecular weight excluding hydrogens is 512 g/mol. The maximum atomic E-state index is 12.9. The number of hydrogen-bond donors (Lipinski definition) is 0. The number of carbonyl (C=O) groups is 1. The number of hydrogen-bond acceptors (Lipinski definition) is 6. The Hall–Kier alpha value is -3.42. The summed E-state index contributed by atoms with van der Waals surface area (Å²) in [5, 5.41) is 4.96. The molecule has 1 aliphatic carbocycles. The highest BCUT2D eigenvalue weighted by Crippen LogP contribution is 2.55. The van der Waals surface area contributed by atoms with Crippen molar-refractivity contribution >= 4 is 17.5 Å². The van der Waals surface area contributed by atoms with Gasteiger partial charge in [0.25, 0.3) is 5.91 Å². The lowest BCUT2D eigenvalue weighted by Crippen LogP contribution is -2.39. The summed E-state index contributed by atoms with van der Waals surface area (Å²) in [6, 6.07) is 21.8. The highest BCUT2D eigenvalue weighted by atomic mass is 35.5. The maximum absolute atomic E-state index is 12.9. The molecule has 0 bridgehead atoms. The molecule has 2 aliphatic rings. The third-order valence-corrected chi connectivity index (χ3v) is 8.61. The van der Waals surface area contributed by atoms with Crippen LogP contribution in [0.3, 0.4) is 0 Å². The van der Waals surface area contributed by atoms with E-state index in [0.29, 0.717) is 30.6 Å². The highest BCUT2D eigenvalue weighted by molar-refractivity contribution is 6.30. The van der Waals surface area contributed by atoms with Gasteiger partial charge in [0, 0.05) is 42.9 Å². The van der Waals surface area contributed by atoms with Crippen LogP contribution in [0, 0.1) is 5.92 Å². The number of likely N-dealkylation sites (tertiary alicyclic amines) is 1. The first-order chi connectivity index (χ1) is 19.0. The van der Waals surface area contributed by atoms with Gasteiger partial charge in [0.2, 0.25) is 5.89 Å². The van der Waals surface area contributed by atoms with E-state index in [9.17, 15) is 4.79 Å². The number of piperidine rings is 1. The molecule has 2 aromatic heterocycles. The summed E-state index contributed by atoms with van der Waals surface area (Å²) >= 11 is 6.20. The lowest BCUT2D eigenvalue weighted by atomic mass is 9.91. The lowest BCUT2D eigenvalue weighted by Gasteiger charge is -2.32. The van der Waals surface area contributed by atoms with E-state index in [-0.39, 0.29) is 11.3 Å². The van der Waals surface area contributed by atoms with E-state index in [0.717, 1.165) is 55.6 Å². The zero-order chi connectivity index (χ0) is 26.8. The zero-order valence-corrected chi connectivity index (χ0v) is 22.9. The van der Waals surface area contributed by atoms with Gasteiger partial charge in [0.1, 0.15) is 0 Å². The minimum Gasteiger partial charge on any atom is -0.459 e. The number of carbonyl (C=O) groups excluding carboxylic acids is 1. The first kappa shape index (κ1) is 25.8. The number of furan rings is 1. The third kappa shape index (κ3) is 5.65. The molecule has 0 N–H and O–H groups in total. The van der Waals surface area contributed by atoms with Crippen LogP contribution in [0.5, 0.6) is 0 Å². The summed E-state index contributed by atoms with van der Waals surface area (Å²) in [6.45, 7) is 3.63. The summed E-state index contributed by atoms with van der Waals surface area (Å²) in [7, 11) is 1.86. The Morgan fingerprint density at radius 3 is 2.56 bits per heavy atom. The predicted octanol–water partition coefficient (Wildman–Crippen LogP) is 5.82. The molecule has 1 amide bonds. The van der Waals surface area contributed by atoms with E-state index < -0.39 is 0 Å². The second-order valence-electron chi connectivity index (χ2n) is 11.0. The van der Waals surface area contributed by atoms with Gasteiger partial charge in [0.15, 0.2) is 11.6 Å². The molecule has 1 saturated heterocycles. The molecule has 202 valence electrons. The Bertz CT molecular complexity index is 1380. The average Bonchev–Trinajstić information content (AvgIpc) is 3.32. The number of likely N-dealkylation sites (N-methyl/N-ethyl adjacent to an activating group) is 1. The van der Waals surface area contributed by atoms with E-state index in [1.54, 1.807) is 17.0 Å². The molecule has 0 radical (unpaired) electrons. The molecule has 8 heteroatoms. The monoisotopic (exact) mass is 544 g/mol. The van der Waals surface area contributed by atoms with E-state index in [1.165, 1.54) is 17.4 Å². The smallest absolute Gasteiger partial charge is 0.289 e. The normalized spacial score (nSPS) is 21.6. The van der Waals surface area contributed by atoms with E-state index in [1.807, 2.05) is 37.4 Å². The number of benzene rings is 2. The fourth-order valence-electron chi connectivity index (χ4n) is 6.08. The van der Waals surface area contributed by atoms with Crippen LogP contribution in [0.4, 0.5) is 0 Å². The quantitative estimate of drug-likeness (QED) is 0.264. The topological polar surface area (TPSA) is 75.6 Å². The van der Waals surface area contributed by atoms with Crippen molar-refractivity contribution in [2.45, 2.75) is 37.0 Å². The molecule has 2 atom stereocenters. The van der Waals surface area contributed by atoms with Crippen molar-refractivity contribution in [3.8, 4) is 0 Å². The molecule has 6 rings (SSSR count). The van der Waals surface area contributed by atoms with E-state index in [2.05, 4.69) is 34.3 Å². The van der Waals surface area contributed by atoms with Crippen LogP contribution < -0.4 is 0 Å². The van der Waals surface area contributed by atoms with Crippen LogP contribution in [0.1, 0.15) is 58.6 Å². The second kappa shape index (κ2) is 11.0. The van der Waals surface area contributed by atoms with Crippen LogP contribution in [-0.2, 0) is 11.8 Å². The third-order valence-electron chi connectivity index (χ3n) is 8.35. The molecule has 0 spiro atoms. The molecule has 3 heterocycles. The predicted molar refractivity (Wildman–Crippen MR) is 149 cm³/mol. The van der Waals surface area contributed by atoms with Crippen molar-refractivity contribution in [2.75, 3.05) is 33.2 Å². The summed E-state index contributed by atoms with van der Waals surface area (Å²) in [5.41, 5.74) is 2.34. The first-order valence-corrected chi connectivity index (χ1v) is 14.0. The van der Waals surface area contributed by atoms with Gasteiger partial charge in [0.05, 0.1) is 6.26 Å². The minimum atomic E-state index is -0.0917. The Morgan fingerprint density at radius 1 is 1.08 bits per heavy atom. The van der Waals surface area contributed by atoms with Gasteiger partial charge in [-0.1, -0.05) is 59.2 Å². The molecule has 2 fully saturated rings. The Morgan fingerprint density at radius 2 is 1.85 bits per heavy atom. The number of aromatic nitrogens is 2. The summed E-state index contributed by atoms with van der Waals surface area (Å²) in [5.74, 6) is 2.55. The van der Waals surface area contributed by atoms with Gasteiger partial charge in [-0.3, -0.25) is 4.79 Å². The molecule has 1 saturated carbocycles. The van der Waals surface area contributed by atoms with Gasteiger partial charge < -0.3 is 18.7 Å². The van der Waals surface area contributed by atoms with Gasteiger partial charge in [-0.15, -0.1) is 0 Å². The Labute approximate surface area is 233 Å².